The fourth-order valence-electron chi connectivity index (χ4n) is 3.99. The molecule has 0 unspecified atom stereocenters. The minimum atomic E-state index is 1.30. The molecule has 4 aromatic rings. The van der Waals surface area contributed by atoms with Crippen molar-refractivity contribution in [2.45, 2.75) is 6.92 Å². The van der Waals surface area contributed by atoms with Crippen LogP contribution < -0.4 is 0 Å². The summed E-state index contributed by atoms with van der Waals surface area (Å²) in [6.07, 6.45) is 2.30. The van der Waals surface area contributed by atoms with Crippen LogP contribution in [0.15, 0.2) is 84.4 Å². The smallest absolute Gasteiger partial charge is 0.0168 e. The largest absolute Gasteiger partial charge is 0.0619 e. The summed E-state index contributed by atoms with van der Waals surface area (Å²) in [7, 11) is 0. The van der Waals surface area contributed by atoms with Crippen LogP contribution in [0.25, 0.3) is 27.1 Å². The minimum absolute atomic E-state index is 1.30. The van der Waals surface area contributed by atoms with Gasteiger partial charge in [0.2, 0.25) is 0 Å². The van der Waals surface area contributed by atoms with E-state index in [1.54, 1.807) is 0 Å². The Kier molecular flexibility index (Phi) is 2.87. The second-order valence-electron chi connectivity index (χ2n) is 6.48. The third kappa shape index (κ3) is 1.86. The molecule has 0 heterocycles. The van der Waals surface area contributed by atoms with E-state index in [2.05, 4.69) is 92.2 Å². The van der Waals surface area contributed by atoms with Crippen LogP contribution in [0.3, 0.4) is 0 Å². The van der Waals surface area contributed by atoms with E-state index < -0.39 is 0 Å². The zero-order valence-electron chi connectivity index (χ0n) is 13.6. The van der Waals surface area contributed by atoms with Gasteiger partial charge < -0.3 is 0 Å². The Balaban J connectivity index is 1.92. The molecule has 0 bridgehead atoms. The minimum Gasteiger partial charge on any atom is -0.0619 e. The van der Waals surface area contributed by atoms with Crippen LogP contribution in [0.1, 0.15) is 23.6 Å². The van der Waals surface area contributed by atoms with Crippen molar-refractivity contribution in [3.8, 4) is 0 Å². The van der Waals surface area contributed by atoms with E-state index >= 15 is 0 Å². The molecule has 0 aromatic heterocycles. The third-order valence-corrected chi connectivity index (χ3v) is 5.04. The van der Waals surface area contributed by atoms with Crippen LogP contribution in [0, 0.1) is 6.42 Å². The Hall–Kier alpha value is -2.86. The number of benzene rings is 4. The number of allylic oxidation sites excluding steroid dienone is 1. The first kappa shape index (κ1) is 13.6. The lowest BCUT2D eigenvalue weighted by Crippen LogP contribution is -1.90. The van der Waals surface area contributed by atoms with Gasteiger partial charge in [0, 0.05) is 6.42 Å². The lowest BCUT2D eigenvalue weighted by molar-refractivity contribution is 1.44. The Labute approximate surface area is 142 Å². The molecule has 0 nitrogen and oxygen atoms in total. The summed E-state index contributed by atoms with van der Waals surface area (Å²) >= 11 is 0. The normalized spacial score (nSPS) is 13.7. The van der Waals surface area contributed by atoms with Crippen molar-refractivity contribution in [3.05, 3.63) is 108 Å². The van der Waals surface area contributed by atoms with Crippen molar-refractivity contribution >= 4 is 27.1 Å². The second kappa shape index (κ2) is 5.07. The number of rotatable bonds is 1. The van der Waals surface area contributed by atoms with Gasteiger partial charge in [0.25, 0.3) is 0 Å². The molecule has 113 valence electrons. The first-order chi connectivity index (χ1) is 11.8. The number of fused-ring (bicyclic) bond motifs is 4. The zero-order chi connectivity index (χ0) is 16.1. The average Bonchev–Trinajstić information content (AvgIpc) is 2.96. The summed E-state index contributed by atoms with van der Waals surface area (Å²) < 4.78 is 0. The molecule has 1 radical (unpaired) electrons. The first-order valence-corrected chi connectivity index (χ1v) is 8.39. The Morgan fingerprint density at radius 1 is 0.583 bits per heavy atom. The predicted molar refractivity (Wildman–Crippen MR) is 103 cm³/mol. The van der Waals surface area contributed by atoms with Crippen molar-refractivity contribution in [1.82, 2.24) is 0 Å². The molecule has 5 rings (SSSR count). The molecule has 24 heavy (non-hydrogen) atoms. The lowest BCUT2D eigenvalue weighted by Gasteiger charge is -2.13. The van der Waals surface area contributed by atoms with Crippen LogP contribution in [-0.2, 0) is 0 Å². The molecule has 4 aromatic carbocycles. The Bertz CT molecular complexity index is 1130. The maximum atomic E-state index is 2.30. The molecule has 0 N–H and O–H groups in total. The second-order valence-corrected chi connectivity index (χ2v) is 6.48. The SMILES string of the molecule is CC1=C(c2cccc3ccc4ccccc4c23)c2ccccc2[CH]1. The molecule has 1 aliphatic carbocycles. The molecule has 0 heteroatoms. The van der Waals surface area contributed by atoms with Gasteiger partial charge in [0.15, 0.2) is 0 Å². The van der Waals surface area contributed by atoms with E-state index in [1.807, 2.05) is 0 Å². The molecular weight excluding hydrogens is 288 g/mol. The zero-order valence-corrected chi connectivity index (χ0v) is 13.6. The van der Waals surface area contributed by atoms with E-state index in [0.29, 0.717) is 0 Å². The van der Waals surface area contributed by atoms with Crippen molar-refractivity contribution in [2.24, 2.45) is 0 Å². The van der Waals surface area contributed by atoms with Crippen LogP contribution in [0.5, 0.6) is 0 Å². The topological polar surface area (TPSA) is 0 Å². The van der Waals surface area contributed by atoms with Gasteiger partial charge in [-0.1, -0.05) is 84.4 Å². The molecule has 0 fully saturated rings. The van der Waals surface area contributed by atoms with E-state index in [0.717, 1.165) is 0 Å². The Morgan fingerprint density at radius 3 is 2.25 bits per heavy atom. The van der Waals surface area contributed by atoms with Gasteiger partial charge in [0.1, 0.15) is 0 Å². The monoisotopic (exact) mass is 305 g/mol. The van der Waals surface area contributed by atoms with E-state index in [-0.39, 0.29) is 0 Å². The van der Waals surface area contributed by atoms with E-state index in [1.165, 1.54) is 49.4 Å². The molecular formula is C24H17. The molecule has 0 saturated heterocycles. The lowest BCUT2D eigenvalue weighted by atomic mass is 9.90. The highest BCUT2D eigenvalue weighted by Gasteiger charge is 2.21. The molecule has 0 saturated carbocycles. The third-order valence-electron chi connectivity index (χ3n) is 5.04. The van der Waals surface area contributed by atoms with Gasteiger partial charge in [-0.15, -0.1) is 0 Å². The fraction of sp³-hybridized carbons (Fsp3) is 0.0417. The first-order valence-electron chi connectivity index (χ1n) is 8.39. The highest BCUT2D eigenvalue weighted by Crippen LogP contribution is 2.42. The van der Waals surface area contributed by atoms with Gasteiger partial charge in [-0.25, -0.2) is 0 Å². The highest BCUT2D eigenvalue weighted by molar-refractivity contribution is 6.14. The van der Waals surface area contributed by atoms with Crippen LogP contribution in [0.4, 0.5) is 0 Å². The molecule has 1 aliphatic rings. The van der Waals surface area contributed by atoms with Crippen LogP contribution >= 0.6 is 0 Å². The maximum absolute atomic E-state index is 2.30. The molecule has 0 atom stereocenters. The average molecular weight is 305 g/mol. The van der Waals surface area contributed by atoms with Crippen molar-refractivity contribution in [3.63, 3.8) is 0 Å². The molecule has 0 spiro atoms. The standard InChI is InChI=1S/C24H17/c1-16-15-19-8-3-5-11-21(19)23(16)22-12-6-9-18-14-13-17-7-2-4-10-20(17)24(18)22/h2-15H,1H3. The number of hydrogen-bond donors (Lipinski definition) is 0. The Morgan fingerprint density at radius 2 is 1.29 bits per heavy atom. The van der Waals surface area contributed by atoms with Crippen molar-refractivity contribution in [1.29, 1.82) is 0 Å². The number of hydrogen-bond acceptors (Lipinski definition) is 0. The summed E-state index contributed by atoms with van der Waals surface area (Å²) in [5.74, 6) is 0. The van der Waals surface area contributed by atoms with Gasteiger partial charge in [-0.3, -0.25) is 0 Å². The summed E-state index contributed by atoms with van der Waals surface area (Å²) in [5.41, 5.74) is 6.71. The van der Waals surface area contributed by atoms with Crippen molar-refractivity contribution in [2.75, 3.05) is 0 Å². The van der Waals surface area contributed by atoms with Gasteiger partial charge in [-0.05, 0) is 50.7 Å². The van der Waals surface area contributed by atoms with Gasteiger partial charge in [-0.2, -0.15) is 0 Å². The summed E-state index contributed by atoms with van der Waals surface area (Å²) in [6, 6.07) is 28.5. The van der Waals surface area contributed by atoms with Crippen LogP contribution in [0.2, 0.25) is 0 Å². The van der Waals surface area contributed by atoms with Crippen molar-refractivity contribution < 1.29 is 0 Å². The summed E-state index contributed by atoms with van der Waals surface area (Å²) in [6.45, 7) is 2.22. The highest BCUT2D eigenvalue weighted by atomic mass is 14.2. The molecule has 0 amide bonds. The molecule has 0 aliphatic heterocycles. The van der Waals surface area contributed by atoms with Gasteiger partial charge in [0.05, 0.1) is 0 Å². The van der Waals surface area contributed by atoms with E-state index in [9.17, 15) is 0 Å². The van der Waals surface area contributed by atoms with E-state index in [4.69, 9.17) is 0 Å². The fourth-order valence-corrected chi connectivity index (χ4v) is 3.99. The van der Waals surface area contributed by atoms with Crippen LogP contribution in [-0.4, -0.2) is 0 Å². The van der Waals surface area contributed by atoms with Gasteiger partial charge >= 0.3 is 0 Å². The predicted octanol–water partition coefficient (Wildman–Crippen LogP) is 6.38. The summed E-state index contributed by atoms with van der Waals surface area (Å²) in [5, 5.41) is 5.28. The quantitative estimate of drug-likeness (QED) is 0.358. The maximum Gasteiger partial charge on any atom is 0.0168 e. The summed E-state index contributed by atoms with van der Waals surface area (Å²) in [4.78, 5) is 0.